The highest BCUT2D eigenvalue weighted by atomic mass is 16.6. The third-order valence-corrected chi connectivity index (χ3v) is 4.74. The number of ether oxygens (including phenoxy) is 2. The third-order valence-electron chi connectivity index (χ3n) is 4.74. The lowest BCUT2D eigenvalue weighted by atomic mass is 10.1. The number of nitrogens with zero attached hydrogens (tertiary/aromatic N) is 2. The van der Waals surface area contributed by atoms with E-state index in [1.165, 1.54) is 12.1 Å². The number of rotatable bonds is 8. The standard InChI is InChI=1S/C23H20N2O6/c1-2-29-22(26)4-3-11-30-19-9-7-15-12-17(6-5-16(15)13-19)23-24-20-10-8-18(25(27)28)14-21(20)31-23/h5-10,12-14H,2-4,11H2,1H3. The number of aromatic nitrogens is 1. The molecule has 8 heteroatoms. The van der Waals surface area contributed by atoms with Crippen molar-refractivity contribution in [3.63, 3.8) is 0 Å². The number of hydrogen-bond donors (Lipinski definition) is 0. The minimum Gasteiger partial charge on any atom is -0.494 e. The molecule has 0 N–H and O–H groups in total. The number of fused-ring (bicyclic) bond motifs is 2. The second-order valence-corrected chi connectivity index (χ2v) is 6.91. The maximum atomic E-state index is 11.4. The van der Waals surface area contributed by atoms with Crippen molar-refractivity contribution in [2.75, 3.05) is 13.2 Å². The number of non-ortho nitro benzene ring substituents is 1. The molecule has 0 atom stereocenters. The van der Waals surface area contributed by atoms with Crippen molar-refractivity contribution in [3.05, 3.63) is 64.7 Å². The average molecular weight is 420 g/mol. The van der Waals surface area contributed by atoms with E-state index >= 15 is 0 Å². The molecule has 0 unspecified atom stereocenters. The summed E-state index contributed by atoms with van der Waals surface area (Å²) in [6.45, 7) is 2.60. The zero-order valence-corrected chi connectivity index (χ0v) is 16.9. The molecule has 0 saturated carbocycles. The summed E-state index contributed by atoms with van der Waals surface area (Å²) < 4.78 is 16.4. The fourth-order valence-electron chi connectivity index (χ4n) is 3.24. The molecule has 0 saturated heterocycles. The van der Waals surface area contributed by atoms with E-state index in [0.29, 0.717) is 43.0 Å². The van der Waals surface area contributed by atoms with Crippen LogP contribution >= 0.6 is 0 Å². The minimum absolute atomic E-state index is 0.0384. The zero-order chi connectivity index (χ0) is 21.8. The Hall–Kier alpha value is -3.94. The van der Waals surface area contributed by atoms with Crippen LogP contribution in [0.1, 0.15) is 19.8 Å². The van der Waals surface area contributed by atoms with Crippen molar-refractivity contribution in [2.45, 2.75) is 19.8 Å². The largest absolute Gasteiger partial charge is 0.494 e. The van der Waals surface area contributed by atoms with E-state index in [1.54, 1.807) is 13.0 Å². The second-order valence-electron chi connectivity index (χ2n) is 6.91. The van der Waals surface area contributed by atoms with Gasteiger partial charge in [-0.1, -0.05) is 12.1 Å². The van der Waals surface area contributed by atoms with Gasteiger partial charge in [0, 0.05) is 18.1 Å². The van der Waals surface area contributed by atoms with Gasteiger partial charge in [0.15, 0.2) is 5.58 Å². The highest BCUT2D eigenvalue weighted by Gasteiger charge is 2.13. The molecule has 158 valence electrons. The van der Waals surface area contributed by atoms with Crippen molar-refractivity contribution < 1.29 is 23.6 Å². The first-order valence-corrected chi connectivity index (χ1v) is 9.91. The number of hydrogen-bond acceptors (Lipinski definition) is 7. The molecular weight excluding hydrogens is 400 g/mol. The van der Waals surface area contributed by atoms with Crippen LogP contribution < -0.4 is 4.74 Å². The Morgan fingerprint density at radius 1 is 1.10 bits per heavy atom. The topological polar surface area (TPSA) is 105 Å². The molecule has 0 aliphatic heterocycles. The highest BCUT2D eigenvalue weighted by molar-refractivity contribution is 5.88. The second kappa shape index (κ2) is 8.83. The predicted molar refractivity (Wildman–Crippen MR) is 115 cm³/mol. The van der Waals surface area contributed by atoms with Crippen LogP contribution in [0.2, 0.25) is 0 Å². The molecule has 0 aliphatic rings. The van der Waals surface area contributed by atoms with Gasteiger partial charge in [-0.25, -0.2) is 4.98 Å². The molecule has 4 rings (SSSR count). The minimum atomic E-state index is -0.464. The van der Waals surface area contributed by atoms with Gasteiger partial charge in [-0.2, -0.15) is 0 Å². The molecule has 0 bridgehead atoms. The van der Waals surface area contributed by atoms with Gasteiger partial charge >= 0.3 is 5.97 Å². The van der Waals surface area contributed by atoms with E-state index in [-0.39, 0.29) is 11.7 Å². The van der Waals surface area contributed by atoms with Gasteiger partial charge in [0.25, 0.3) is 5.69 Å². The van der Waals surface area contributed by atoms with Gasteiger partial charge in [-0.15, -0.1) is 0 Å². The fourth-order valence-corrected chi connectivity index (χ4v) is 3.24. The van der Waals surface area contributed by atoms with Gasteiger partial charge in [0.1, 0.15) is 11.3 Å². The lowest BCUT2D eigenvalue weighted by Crippen LogP contribution is -2.06. The number of esters is 1. The van der Waals surface area contributed by atoms with E-state index in [4.69, 9.17) is 13.9 Å². The zero-order valence-electron chi connectivity index (χ0n) is 16.9. The van der Waals surface area contributed by atoms with Crippen LogP contribution in [-0.2, 0) is 9.53 Å². The van der Waals surface area contributed by atoms with Crippen LogP contribution in [0.3, 0.4) is 0 Å². The van der Waals surface area contributed by atoms with Crippen molar-refractivity contribution in [2.24, 2.45) is 0 Å². The summed E-state index contributed by atoms with van der Waals surface area (Å²) in [5.74, 6) is 0.904. The average Bonchev–Trinajstić information content (AvgIpc) is 3.20. The van der Waals surface area contributed by atoms with Crippen molar-refractivity contribution in [3.8, 4) is 17.2 Å². The molecule has 0 spiro atoms. The van der Waals surface area contributed by atoms with E-state index in [2.05, 4.69) is 4.98 Å². The fraction of sp³-hybridized carbons (Fsp3) is 0.217. The van der Waals surface area contributed by atoms with E-state index in [0.717, 1.165) is 22.1 Å². The maximum absolute atomic E-state index is 11.4. The molecular formula is C23H20N2O6. The normalized spacial score (nSPS) is 11.0. The smallest absolute Gasteiger partial charge is 0.305 e. The number of carbonyl (C=O) groups excluding carboxylic acids is 1. The van der Waals surface area contributed by atoms with Crippen molar-refractivity contribution >= 4 is 33.5 Å². The number of nitro groups is 1. The third kappa shape index (κ3) is 4.63. The Bertz CT molecular complexity index is 1260. The van der Waals surface area contributed by atoms with Crippen LogP contribution in [0.15, 0.2) is 59.0 Å². The van der Waals surface area contributed by atoms with Crippen LogP contribution in [0.4, 0.5) is 5.69 Å². The summed E-state index contributed by atoms with van der Waals surface area (Å²) in [6, 6.07) is 15.9. The first-order valence-electron chi connectivity index (χ1n) is 9.91. The molecule has 0 fully saturated rings. The SMILES string of the molecule is CCOC(=O)CCCOc1ccc2cc(-c3nc4ccc([N+](=O)[O-])cc4o3)ccc2c1. The van der Waals surface area contributed by atoms with Crippen molar-refractivity contribution in [1.29, 1.82) is 0 Å². The van der Waals surface area contributed by atoms with Crippen LogP contribution in [-0.4, -0.2) is 29.1 Å². The number of carbonyl (C=O) groups is 1. The molecule has 0 radical (unpaired) electrons. The summed E-state index contributed by atoms with van der Waals surface area (Å²) in [5, 5.41) is 12.9. The molecule has 4 aromatic rings. The quantitative estimate of drug-likeness (QED) is 0.165. The predicted octanol–water partition coefficient (Wildman–Crippen LogP) is 5.28. The van der Waals surface area contributed by atoms with Crippen LogP contribution in [0, 0.1) is 10.1 Å². The Balaban J connectivity index is 1.48. The summed E-state index contributed by atoms with van der Waals surface area (Å²) >= 11 is 0. The Kier molecular flexibility index (Phi) is 5.79. The molecule has 3 aromatic carbocycles. The molecule has 8 nitrogen and oxygen atoms in total. The van der Waals surface area contributed by atoms with E-state index < -0.39 is 4.92 Å². The molecule has 31 heavy (non-hydrogen) atoms. The van der Waals surface area contributed by atoms with Crippen LogP contribution in [0.5, 0.6) is 5.75 Å². The number of oxazole rings is 1. The maximum Gasteiger partial charge on any atom is 0.305 e. The summed E-state index contributed by atoms with van der Waals surface area (Å²) in [4.78, 5) is 26.3. The van der Waals surface area contributed by atoms with E-state index in [9.17, 15) is 14.9 Å². The van der Waals surface area contributed by atoms with Gasteiger partial charge in [0.05, 0.1) is 24.2 Å². The molecule has 1 aromatic heterocycles. The van der Waals surface area contributed by atoms with Crippen LogP contribution in [0.25, 0.3) is 33.3 Å². The van der Waals surface area contributed by atoms with E-state index in [1.807, 2.05) is 36.4 Å². The lowest BCUT2D eigenvalue weighted by Gasteiger charge is -2.08. The van der Waals surface area contributed by atoms with Crippen molar-refractivity contribution in [1.82, 2.24) is 4.98 Å². The Morgan fingerprint density at radius 2 is 1.90 bits per heavy atom. The summed E-state index contributed by atoms with van der Waals surface area (Å²) in [7, 11) is 0. The first-order chi connectivity index (χ1) is 15.0. The van der Waals surface area contributed by atoms with Gasteiger partial charge in [0.2, 0.25) is 5.89 Å². The number of nitro benzene ring substituents is 1. The first kappa shape index (κ1) is 20.3. The Labute approximate surface area is 177 Å². The molecule has 1 heterocycles. The Morgan fingerprint density at radius 3 is 2.71 bits per heavy atom. The molecule has 0 aliphatic carbocycles. The summed E-state index contributed by atoms with van der Waals surface area (Å²) in [6.07, 6.45) is 0.921. The van der Waals surface area contributed by atoms with Gasteiger partial charge in [-0.3, -0.25) is 14.9 Å². The monoisotopic (exact) mass is 420 g/mol. The number of benzene rings is 3. The highest BCUT2D eigenvalue weighted by Crippen LogP contribution is 2.30. The van der Waals surface area contributed by atoms with Gasteiger partial charge < -0.3 is 13.9 Å². The summed E-state index contributed by atoms with van der Waals surface area (Å²) in [5.41, 5.74) is 1.67. The lowest BCUT2D eigenvalue weighted by molar-refractivity contribution is -0.384. The molecule has 0 amide bonds. The van der Waals surface area contributed by atoms with Gasteiger partial charge in [-0.05, 0) is 54.4 Å².